The summed E-state index contributed by atoms with van der Waals surface area (Å²) in [5, 5.41) is 29.1. The largest absolute Gasteiger partial charge is 0.504 e. The van der Waals surface area contributed by atoms with E-state index < -0.39 is 24.0 Å². The van der Waals surface area contributed by atoms with Gasteiger partial charge in [-0.1, -0.05) is 12.1 Å². The molecule has 146 valence electrons. The Hall–Kier alpha value is -3.68. The Morgan fingerprint density at radius 3 is 2.25 bits per heavy atom. The predicted molar refractivity (Wildman–Crippen MR) is 97.3 cm³/mol. The van der Waals surface area contributed by atoms with Gasteiger partial charge in [-0.05, 0) is 41.5 Å². The molecule has 0 unspecified atom stereocenters. The van der Waals surface area contributed by atoms with Gasteiger partial charge in [-0.3, -0.25) is 4.79 Å². The van der Waals surface area contributed by atoms with Crippen molar-refractivity contribution in [1.29, 1.82) is 0 Å². The molecule has 8 heteroatoms. The molecule has 8 nitrogen and oxygen atoms in total. The van der Waals surface area contributed by atoms with Gasteiger partial charge in [-0.2, -0.15) is 0 Å². The van der Waals surface area contributed by atoms with E-state index in [0.717, 1.165) is 0 Å². The molecule has 0 aliphatic carbocycles. The first-order chi connectivity index (χ1) is 13.3. The number of phenolic OH excluding ortho intramolecular Hbond substituents is 2. The number of hydrogen-bond donors (Lipinski definition) is 3. The van der Waals surface area contributed by atoms with E-state index in [1.165, 1.54) is 56.7 Å². The van der Waals surface area contributed by atoms with Crippen molar-refractivity contribution in [2.75, 3.05) is 14.2 Å². The number of carbonyl (C=O) groups is 2. The molecule has 0 radical (unpaired) electrons. The van der Waals surface area contributed by atoms with Crippen LogP contribution in [0.4, 0.5) is 0 Å². The Morgan fingerprint density at radius 1 is 1.04 bits per heavy atom. The standard InChI is InChI=1S/C20H18O8/c1-26-15-8-10(3-5-13(15)21)7-12-17(19(23)24)18(28-20(12)25)11-4-6-14(22)16(9-11)27-2/h3-9,17-18,21-22H,1-2H3,(H,23,24)/b12-7-/t17-,18+/m1/s1. The lowest BCUT2D eigenvalue weighted by Gasteiger charge is -2.16. The molecule has 0 spiro atoms. The quantitative estimate of drug-likeness (QED) is 0.529. The fourth-order valence-electron chi connectivity index (χ4n) is 3.05. The maximum atomic E-state index is 12.4. The van der Waals surface area contributed by atoms with Crippen LogP contribution in [0.5, 0.6) is 23.0 Å². The number of ether oxygens (including phenoxy) is 3. The molecular formula is C20H18O8. The molecule has 0 amide bonds. The van der Waals surface area contributed by atoms with Crippen molar-refractivity contribution in [1.82, 2.24) is 0 Å². The zero-order valence-electron chi connectivity index (χ0n) is 15.1. The van der Waals surface area contributed by atoms with Crippen LogP contribution in [0.25, 0.3) is 6.08 Å². The molecule has 0 saturated carbocycles. The number of aromatic hydroxyl groups is 2. The van der Waals surface area contributed by atoms with E-state index in [1.807, 2.05) is 0 Å². The minimum atomic E-state index is -1.26. The number of benzene rings is 2. The van der Waals surface area contributed by atoms with Gasteiger partial charge in [0, 0.05) is 0 Å². The second-order valence-corrected chi connectivity index (χ2v) is 6.10. The number of aliphatic carboxylic acids is 1. The highest BCUT2D eigenvalue weighted by Crippen LogP contribution is 2.42. The second-order valence-electron chi connectivity index (χ2n) is 6.10. The van der Waals surface area contributed by atoms with Crippen LogP contribution in [-0.4, -0.2) is 41.5 Å². The Labute approximate surface area is 160 Å². The number of carboxylic acids is 1. The number of cyclic esters (lactones) is 1. The average molecular weight is 386 g/mol. The van der Waals surface area contributed by atoms with Crippen LogP contribution in [0.15, 0.2) is 42.0 Å². The third kappa shape index (κ3) is 3.44. The third-order valence-corrected chi connectivity index (χ3v) is 4.43. The van der Waals surface area contributed by atoms with Crippen LogP contribution in [-0.2, 0) is 14.3 Å². The van der Waals surface area contributed by atoms with Gasteiger partial charge in [0.15, 0.2) is 23.0 Å². The molecule has 1 fully saturated rings. The summed E-state index contributed by atoms with van der Waals surface area (Å²) in [5.41, 5.74) is 0.802. The Bertz CT molecular complexity index is 963. The lowest BCUT2D eigenvalue weighted by Crippen LogP contribution is -2.19. The maximum absolute atomic E-state index is 12.4. The highest BCUT2D eigenvalue weighted by molar-refractivity contribution is 6.02. The van der Waals surface area contributed by atoms with Crippen LogP contribution in [0, 0.1) is 5.92 Å². The van der Waals surface area contributed by atoms with Crippen molar-refractivity contribution in [3.8, 4) is 23.0 Å². The molecule has 1 saturated heterocycles. The summed E-state index contributed by atoms with van der Waals surface area (Å²) in [4.78, 5) is 24.3. The Morgan fingerprint density at radius 2 is 1.64 bits per heavy atom. The molecule has 2 atom stereocenters. The van der Waals surface area contributed by atoms with E-state index in [0.29, 0.717) is 11.1 Å². The topological polar surface area (TPSA) is 123 Å². The van der Waals surface area contributed by atoms with Gasteiger partial charge in [0.2, 0.25) is 0 Å². The first-order valence-electron chi connectivity index (χ1n) is 8.25. The lowest BCUT2D eigenvalue weighted by molar-refractivity contribution is -0.144. The summed E-state index contributed by atoms with van der Waals surface area (Å²) in [7, 11) is 2.74. The van der Waals surface area contributed by atoms with Crippen molar-refractivity contribution >= 4 is 18.0 Å². The summed E-state index contributed by atoms with van der Waals surface area (Å²) >= 11 is 0. The van der Waals surface area contributed by atoms with Crippen LogP contribution in [0.1, 0.15) is 17.2 Å². The van der Waals surface area contributed by atoms with E-state index in [-0.39, 0.29) is 28.6 Å². The Kier molecular flexibility index (Phi) is 5.12. The predicted octanol–water partition coefficient (Wildman–Crippen LogP) is 2.50. The summed E-state index contributed by atoms with van der Waals surface area (Å²) < 4.78 is 15.4. The highest BCUT2D eigenvalue weighted by atomic mass is 16.6. The van der Waals surface area contributed by atoms with Crippen molar-refractivity contribution in [3.05, 3.63) is 53.1 Å². The molecule has 2 aromatic rings. The van der Waals surface area contributed by atoms with Crippen LogP contribution >= 0.6 is 0 Å². The smallest absolute Gasteiger partial charge is 0.335 e. The number of phenols is 2. The van der Waals surface area contributed by atoms with Gasteiger partial charge in [-0.15, -0.1) is 0 Å². The summed E-state index contributed by atoms with van der Waals surface area (Å²) in [6.45, 7) is 0. The van der Waals surface area contributed by atoms with Gasteiger partial charge >= 0.3 is 11.9 Å². The van der Waals surface area contributed by atoms with E-state index in [2.05, 4.69) is 0 Å². The molecule has 0 bridgehead atoms. The molecule has 1 aliphatic rings. The maximum Gasteiger partial charge on any atom is 0.335 e. The number of esters is 1. The molecule has 3 N–H and O–H groups in total. The molecule has 0 aromatic heterocycles. The van der Waals surface area contributed by atoms with Gasteiger partial charge in [-0.25, -0.2) is 4.79 Å². The van der Waals surface area contributed by atoms with Crippen molar-refractivity contribution < 1.29 is 39.1 Å². The minimum absolute atomic E-state index is 0.0442. The second kappa shape index (κ2) is 7.51. The molecule has 28 heavy (non-hydrogen) atoms. The SMILES string of the molecule is COc1cc(/C=C2\C(=O)O[C@@H](c3ccc(O)c(OC)c3)[C@@H]2C(=O)O)ccc1O. The van der Waals surface area contributed by atoms with Gasteiger partial charge in [0.1, 0.15) is 12.0 Å². The summed E-state index contributed by atoms with van der Waals surface area (Å²) in [6, 6.07) is 8.62. The molecular weight excluding hydrogens is 368 g/mol. The fourth-order valence-corrected chi connectivity index (χ4v) is 3.05. The monoisotopic (exact) mass is 386 g/mol. The minimum Gasteiger partial charge on any atom is -0.504 e. The van der Waals surface area contributed by atoms with E-state index in [9.17, 15) is 24.9 Å². The molecule has 3 rings (SSSR count). The Balaban J connectivity index is 2.03. The molecule has 1 heterocycles. The lowest BCUT2D eigenvalue weighted by atomic mass is 9.90. The van der Waals surface area contributed by atoms with E-state index in [1.54, 1.807) is 0 Å². The van der Waals surface area contributed by atoms with Crippen molar-refractivity contribution in [3.63, 3.8) is 0 Å². The number of methoxy groups -OCH3 is 2. The van der Waals surface area contributed by atoms with Crippen LogP contribution < -0.4 is 9.47 Å². The molecule has 1 aliphatic heterocycles. The fraction of sp³-hybridized carbons (Fsp3) is 0.200. The van der Waals surface area contributed by atoms with Crippen molar-refractivity contribution in [2.45, 2.75) is 6.10 Å². The van der Waals surface area contributed by atoms with Gasteiger partial charge < -0.3 is 29.5 Å². The average Bonchev–Trinajstić information content (AvgIpc) is 3.00. The van der Waals surface area contributed by atoms with Crippen molar-refractivity contribution in [2.24, 2.45) is 5.92 Å². The van der Waals surface area contributed by atoms with Crippen LogP contribution in [0.3, 0.4) is 0 Å². The first-order valence-corrected chi connectivity index (χ1v) is 8.25. The van der Waals surface area contributed by atoms with Gasteiger partial charge in [0.25, 0.3) is 0 Å². The van der Waals surface area contributed by atoms with E-state index in [4.69, 9.17) is 14.2 Å². The molecule has 2 aromatic carbocycles. The number of carboxylic acid groups (broad SMARTS) is 1. The zero-order valence-corrected chi connectivity index (χ0v) is 15.1. The normalized spacial score (nSPS) is 20.1. The highest BCUT2D eigenvalue weighted by Gasteiger charge is 2.45. The first kappa shape index (κ1) is 19.1. The zero-order chi connectivity index (χ0) is 20.4. The number of rotatable bonds is 5. The summed E-state index contributed by atoms with van der Waals surface area (Å²) in [6.07, 6.45) is 0.311. The summed E-state index contributed by atoms with van der Waals surface area (Å²) in [5.74, 6) is -3.14. The number of carbonyl (C=O) groups excluding carboxylic acids is 1. The van der Waals surface area contributed by atoms with E-state index >= 15 is 0 Å². The third-order valence-electron chi connectivity index (χ3n) is 4.43. The van der Waals surface area contributed by atoms with Gasteiger partial charge in [0.05, 0.1) is 19.8 Å². The van der Waals surface area contributed by atoms with Crippen LogP contribution in [0.2, 0.25) is 0 Å². The number of hydrogen-bond acceptors (Lipinski definition) is 7.